The first-order valence-corrected chi connectivity index (χ1v) is 7.09. The monoisotopic (exact) mass is 281 g/mol. The van der Waals surface area contributed by atoms with E-state index in [1.165, 1.54) is 0 Å². The Balaban J connectivity index is 1.66. The van der Waals surface area contributed by atoms with Crippen molar-refractivity contribution in [2.24, 2.45) is 0 Å². The molecule has 1 atom stereocenters. The van der Waals surface area contributed by atoms with E-state index in [9.17, 15) is 4.79 Å². The Morgan fingerprint density at radius 2 is 2.29 bits per heavy atom. The number of furan rings is 1. The van der Waals surface area contributed by atoms with Crippen molar-refractivity contribution >= 4 is 16.9 Å². The van der Waals surface area contributed by atoms with Crippen LogP contribution >= 0.6 is 0 Å². The van der Waals surface area contributed by atoms with E-state index in [1.54, 1.807) is 6.20 Å². The van der Waals surface area contributed by atoms with Crippen molar-refractivity contribution in [2.45, 2.75) is 25.4 Å². The van der Waals surface area contributed by atoms with Crippen LogP contribution in [0.4, 0.5) is 0 Å². The smallest absolute Gasteiger partial charge is 0.220 e. The van der Waals surface area contributed by atoms with Crippen LogP contribution in [0.3, 0.4) is 0 Å². The van der Waals surface area contributed by atoms with Crippen LogP contribution in [-0.2, 0) is 11.3 Å². The number of aromatic nitrogens is 2. The van der Waals surface area contributed by atoms with Gasteiger partial charge in [-0.2, -0.15) is 0 Å². The zero-order valence-corrected chi connectivity index (χ0v) is 11.5. The molecule has 106 valence electrons. The maximum absolute atomic E-state index is 11.3. The third kappa shape index (κ3) is 2.20. The van der Waals surface area contributed by atoms with Gasteiger partial charge >= 0.3 is 0 Å². The maximum Gasteiger partial charge on any atom is 0.220 e. The Hall–Kier alpha value is -2.56. The number of nitrogens with one attached hydrogen (secondary N) is 1. The second-order valence-electron chi connectivity index (χ2n) is 5.35. The summed E-state index contributed by atoms with van der Waals surface area (Å²) in [6, 6.07) is 10.1. The Morgan fingerprint density at radius 1 is 1.38 bits per heavy atom. The highest BCUT2D eigenvalue weighted by molar-refractivity contribution is 5.81. The molecule has 2 aromatic heterocycles. The summed E-state index contributed by atoms with van der Waals surface area (Å²) in [5.41, 5.74) is 0.858. The standard InChI is InChI=1S/C16H15N3O2/c20-15-6-5-12(18-15)10-19-8-7-17-16(19)14-9-11-3-1-2-4-13(11)21-14/h1-4,7-9,12H,5-6,10H2,(H,18,20). The van der Waals surface area contributed by atoms with E-state index in [1.807, 2.05) is 41.1 Å². The lowest BCUT2D eigenvalue weighted by Crippen LogP contribution is -2.29. The molecule has 1 N–H and O–H groups in total. The van der Waals surface area contributed by atoms with Crippen LogP contribution in [0, 0.1) is 0 Å². The van der Waals surface area contributed by atoms with E-state index in [2.05, 4.69) is 10.3 Å². The van der Waals surface area contributed by atoms with Crippen molar-refractivity contribution in [1.82, 2.24) is 14.9 Å². The Morgan fingerprint density at radius 3 is 3.10 bits per heavy atom. The van der Waals surface area contributed by atoms with Crippen LogP contribution in [0.5, 0.6) is 0 Å². The molecule has 1 unspecified atom stereocenters. The number of imidazole rings is 1. The van der Waals surface area contributed by atoms with Gasteiger partial charge in [0.25, 0.3) is 0 Å². The minimum Gasteiger partial charge on any atom is -0.453 e. The summed E-state index contributed by atoms with van der Waals surface area (Å²) in [5.74, 6) is 1.68. The van der Waals surface area contributed by atoms with Crippen LogP contribution in [0.15, 0.2) is 47.1 Å². The highest BCUT2D eigenvalue weighted by atomic mass is 16.3. The summed E-state index contributed by atoms with van der Waals surface area (Å²) in [5, 5.41) is 4.05. The third-order valence-corrected chi connectivity index (χ3v) is 3.86. The van der Waals surface area contributed by atoms with Crippen molar-refractivity contribution in [3.05, 3.63) is 42.7 Å². The highest BCUT2D eigenvalue weighted by Crippen LogP contribution is 2.27. The van der Waals surface area contributed by atoms with E-state index >= 15 is 0 Å². The molecular formula is C16H15N3O2. The van der Waals surface area contributed by atoms with E-state index in [-0.39, 0.29) is 11.9 Å². The van der Waals surface area contributed by atoms with Crippen LogP contribution in [0.25, 0.3) is 22.6 Å². The van der Waals surface area contributed by atoms with Crippen molar-refractivity contribution < 1.29 is 9.21 Å². The van der Waals surface area contributed by atoms with E-state index in [0.29, 0.717) is 6.42 Å². The second-order valence-corrected chi connectivity index (χ2v) is 5.35. The van der Waals surface area contributed by atoms with Crippen molar-refractivity contribution in [3.8, 4) is 11.6 Å². The fourth-order valence-electron chi connectivity index (χ4n) is 2.83. The van der Waals surface area contributed by atoms with Crippen LogP contribution in [0.2, 0.25) is 0 Å². The molecule has 1 saturated heterocycles. The second kappa shape index (κ2) is 4.77. The predicted octanol–water partition coefficient (Wildman–Crippen LogP) is 2.57. The fourth-order valence-corrected chi connectivity index (χ4v) is 2.83. The van der Waals surface area contributed by atoms with Crippen LogP contribution in [0.1, 0.15) is 12.8 Å². The summed E-state index contributed by atoms with van der Waals surface area (Å²) in [6.45, 7) is 0.720. The van der Waals surface area contributed by atoms with Gasteiger partial charge < -0.3 is 14.3 Å². The topological polar surface area (TPSA) is 60.1 Å². The number of hydrogen-bond acceptors (Lipinski definition) is 3. The largest absolute Gasteiger partial charge is 0.453 e. The van der Waals surface area contributed by atoms with E-state index in [0.717, 1.165) is 35.5 Å². The number of benzene rings is 1. The lowest BCUT2D eigenvalue weighted by Gasteiger charge is -2.12. The average Bonchev–Trinajstić information content (AvgIpc) is 3.18. The lowest BCUT2D eigenvalue weighted by atomic mass is 10.2. The fraction of sp³-hybridized carbons (Fsp3) is 0.250. The molecule has 0 radical (unpaired) electrons. The summed E-state index contributed by atoms with van der Waals surface area (Å²) in [6.07, 6.45) is 5.17. The summed E-state index contributed by atoms with van der Waals surface area (Å²) >= 11 is 0. The van der Waals surface area contributed by atoms with E-state index < -0.39 is 0 Å². The van der Waals surface area contributed by atoms with Gasteiger partial charge in [0, 0.05) is 36.8 Å². The van der Waals surface area contributed by atoms with Gasteiger partial charge in [0.15, 0.2) is 11.6 Å². The van der Waals surface area contributed by atoms with Gasteiger partial charge in [0.05, 0.1) is 0 Å². The maximum atomic E-state index is 11.3. The Bertz CT molecular complexity index is 770. The summed E-state index contributed by atoms with van der Waals surface area (Å²) in [4.78, 5) is 15.7. The van der Waals surface area contributed by atoms with Crippen molar-refractivity contribution in [3.63, 3.8) is 0 Å². The van der Waals surface area contributed by atoms with E-state index in [4.69, 9.17) is 4.42 Å². The van der Waals surface area contributed by atoms with Crippen molar-refractivity contribution in [2.75, 3.05) is 0 Å². The van der Waals surface area contributed by atoms with Crippen LogP contribution in [-0.4, -0.2) is 21.5 Å². The minimum atomic E-state index is 0.130. The third-order valence-electron chi connectivity index (χ3n) is 3.86. The Kier molecular flexibility index (Phi) is 2.77. The van der Waals surface area contributed by atoms with Gasteiger partial charge in [0.1, 0.15) is 5.58 Å². The molecule has 21 heavy (non-hydrogen) atoms. The predicted molar refractivity (Wildman–Crippen MR) is 78.6 cm³/mol. The molecule has 1 amide bonds. The zero-order valence-electron chi connectivity index (χ0n) is 11.5. The number of amides is 1. The van der Waals surface area contributed by atoms with Gasteiger partial charge in [-0.3, -0.25) is 4.79 Å². The molecule has 4 rings (SSSR count). The quantitative estimate of drug-likeness (QED) is 0.802. The molecule has 3 aromatic rings. The van der Waals surface area contributed by atoms with Gasteiger partial charge in [-0.1, -0.05) is 18.2 Å². The number of hydrogen-bond donors (Lipinski definition) is 1. The minimum absolute atomic E-state index is 0.130. The molecule has 0 bridgehead atoms. The van der Waals surface area contributed by atoms with Gasteiger partial charge in [-0.15, -0.1) is 0 Å². The first-order chi connectivity index (χ1) is 10.3. The molecule has 1 aliphatic rings. The molecule has 5 heteroatoms. The van der Waals surface area contributed by atoms with Crippen LogP contribution < -0.4 is 5.32 Å². The van der Waals surface area contributed by atoms with Gasteiger partial charge in [-0.25, -0.2) is 4.98 Å². The number of rotatable bonds is 3. The molecule has 0 spiro atoms. The number of fused-ring (bicyclic) bond motifs is 1. The number of carbonyl (C=O) groups excluding carboxylic acids is 1. The molecular weight excluding hydrogens is 266 g/mol. The Labute approximate surface area is 121 Å². The first kappa shape index (κ1) is 12.2. The molecule has 1 aromatic carbocycles. The lowest BCUT2D eigenvalue weighted by molar-refractivity contribution is -0.119. The molecule has 3 heterocycles. The molecule has 5 nitrogen and oxygen atoms in total. The number of nitrogens with zero attached hydrogens (tertiary/aromatic N) is 2. The summed E-state index contributed by atoms with van der Waals surface area (Å²) < 4.78 is 7.90. The normalized spacial score (nSPS) is 18.3. The molecule has 1 aliphatic heterocycles. The SMILES string of the molecule is O=C1CCC(Cn2ccnc2-c2cc3ccccc3o2)N1. The molecule has 0 aliphatic carbocycles. The zero-order chi connectivity index (χ0) is 14.2. The highest BCUT2D eigenvalue weighted by Gasteiger charge is 2.22. The van der Waals surface area contributed by atoms with Crippen molar-refractivity contribution in [1.29, 1.82) is 0 Å². The molecule has 0 saturated carbocycles. The first-order valence-electron chi connectivity index (χ1n) is 7.09. The van der Waals surface area contributed by atoms with Gasteiger partial charge in [-0.05, 0) is 18.6 Å². The number of para-hydroxylation sites is 1. The average molecular weight is 281 g/mol. The number of carbonyl (C=O) groups is 1. The summed E-state index contributed by atoms with van der Waals surface area (Å²) in [7, 11) is 0. The van der Waals surface area contributed by atoms with Gasteiger partial charge in [0.2, 0.25) is 5.91 Å². The molecule has 1 fully saturated rings.